The monoisotopic (exact) mass is 280 g/mol. The van der Waals surface area contributed by atoms with E-state index in [0.29, 0.717) is 5.92 Å². The maximum Gasteiger partial charge on any atom is 0.269 e. The Morgan fingerprint density at radius 2 is 1.95 bits per heavy atom. The van der Waals surface area contributed by atoms with Crippen LogP contribution >= 0.6 is 0 Å². The van der Waals surface area contributed by atoms with Crippen LogP contribution in [0.5, 0.6) is 0 Å². The van der Waals surface area contributed by atoms with E-state index in [4.69, 9.17) is 5.11 Å². The molecular formula is C15H24N2O3. The summed E-state index contributed by atoms with van der Waals surface area (Å²) in [5, 5.41) is 23.1. The lowest BCUT2D eigenvalue weighted by atomic mass is 9.99. The molecule has 5 nitrogen and oxygen atoms in total. The smallest absolute Gasteiger partial charge is 0.269 e. The Kier molecular flexibility index (Phi) is 7.18. The molecule has 0 aliphatic rings. The van der Waals surface area contributed by atoms with Gasteiger partial charge in [0.05, 0.1) is 4.92 Å². The van der Waals surface area contributed by atoms with Gasteiger partial charge in [-0.3, -0.25) is 10.1 Å². The lowest BCUT2D eigenvalue weighted by molar-refractivity contribution is -0.384. The van der Waals surface area contributed by atoms with Crippen molar-refractivity contribution in [3.63, 3.8) is 0 Å². The van der Waals surface area contributed by atoms with E-state index in [1.165, 1.54) is 12.1 Å². The van der Waals surface area contributed by atoms with Crippen molar-refractivity contribution in [1.29, 1.82) is 0 Å². The van der Waals surface area contributed by atoms with Crippen molar-refractivity contribution in [2.24, 2.45) is 5.92 Å². The number of benzene rings is 1. The van der Waals surface area contributed by atoms with E-state index in [1.54, 1.807) is 12.1 Å². The molecular weight excluding hydrogens is 256 g/mol. The molecule has 0 aromatic heterocycles. The number of nitro benzene ring substituents is 1. The van der Waals surface area contributed by atoms with Gasteiger partial charge in [-0.25, -0.2) is 0 Å². The van der Waals surface area contributed by atoms with Crippen molar-refractivity contribution in [2.75, 3.05) is 13.2 Å². The topological polar surface area (TPSA) is 75.4 Å². The molecule has 0 amide bonds. The van der Waals surface area contributed by atoms with Crippen molar-refractivity contribution in [3.05, 3.63) is 39.9 Å². The van der Waals surface area contributed by atoms with Crippen LogP contribution in [-0.4, -0.2) is 23.2 Å². The lowest BCUT2D eigenvalue weighted by Gasteiger charge is -2.20. The number of non-ortho nitro benzene ring substituents is 1. The molecule has 2 atom stereocenters. The zero-order valence-corrected chi connectivity index (χ0v) is 12.2. The molecule has 20 heavy (non-hydrogen) atoms. The minimum atomic E-state index is -0.388. The van der Waals surface area contributed by atoms with Crippen LogP contribution in [0, 0.1) is 16.0 Å². The fourth-order valence-corrected chi connectivity index (χ4v) is 2.29. The summed E-state index contributed by atoms with van der Waals surface area (Å²) >= 11 is 0. The summed E-state index contributed by atoms with van der Waals surface area (Å²) < 4.78 is 0. The Hall–Kier alpha value is -1.46. The van der Waals surface area contributed by atoms with Gasteiger partial charge in [-0.05, 0) is 37.8 Å². The van der Waals surface area contributed by atoms with Gasteiger partial charge >= 0.3 is 0 Å². The Morgan fingerprint density at radius 1 is 1.30 bits per heavy atom. The van der Waals surface area contributed by atoms with Crippen LogP contribution in [0.1, 0.15) is 44.7 Å². The van der Waals surface area contributed by atoms with Gasteiger partial charge in [0.1, 0.15) is 0 Å². The SMILES string of the molecule is CCCC(CCO)CNC(C)c1ccc([N+](=O)[O-])cc1. The third-order valence-corrected chi connectivity index (χ3v) is 3.55. The summed E-state index contributed by atoms with van der Waals surface area (Å²) in [7, 11) is 0. The normalized spacial score (nSPS) is 13.9. The quantitative estimate of drug-likeness (QED) is 0.538. The number of hydrogen-bond acceptors (Lipinski definition) is 4. The van der Waals surface area contributed by atoms with Crippen LogP contribution in [-0.2, 0) is 0 Å². The van der Waals surface area contributed by atoms with Crippen LogP contribution in [0.25, 0.3) is 0 Å². The Balaban J connectivity index is 2.52. The van der Waals surface area contributed by atoms with E-state index in [-0.39, 0.29) is 23.3 Å². The predicted molar refractivity (Wildman–Crippen MR) is 79.6 cm³/mol. The number of aliphatic hydroxyl groups excluding tert-OH is 1. The molecule has 1 aromatic carbocycles. The van der Waals surface area contributed by atoms with E-state index >= 15 is 0 Å². The first-order valence-corrected chi connectivity index (χ1v) is 7.17. The summed E-state index contributed by atoms with van der Waals surface area (Å²) in [6.07, 6.45) is 3.02. The third kappa shape index (κ3) is 5.27. The second-order valence-electron chi connectivity index (χ2n) is 5.15. The average Bonchev–Trinajstić information content (AvgIpc) is 2.45. The molecule has 0 bridgehead atoms. The Morgan fingerprint density at radius 3 is 2.45 bits per heavy atom. The van der Waals surface area contributed by atoms with Gasteiger partial charge in [0, 0.05) is 24.8 Å². The Bertz CT molecular complexity index is 400. The molecule has 0 heterocycles. The minimum absolute atomic E-state index is 0.116. The molecule has 0 saturated carbocycles. The third-order valence-electron chi connectivity index (χ3n) is 3.55. The van der Waals surface area contributed by atoms with Crippen molar-refractivity contribution >= 4 is 5.69 Å². The fourth-order valence-electron chi connectivity index (χ4n) is 2.29. The van der Waals surface area contributed by atoms with E-state index < -0.39 is 0 Å². The van der Waals surface area contributed by atoms with Gasteiger partial charge in [0.25, 0.3) is 5.69 Å². The highest BCUT2D eigenvalue weighted by Crippen LogP contribution is 2.18. The first-order valence-electron chi connectivity index (χ1n) is 7.17. The van der Waals surface area contributed by atoms with Crippen LogP contribution in [0.15, 0.2) is 24.3 Å². The molecule has 2 N–H and O–H groups in total. The maximum absolute atomic E-state index is 10.6. The number of nitro groups is 1. The highest BCUT2D eigenvalue weighted by Gasteiger charge is 2.12. The number of aliphatic hydroxyl groups is 1. The van der Waals surface area contributed by atoms with Crippen LogP contribution in [0.2, 0.25) is 0 Å². The molecule has 0 saturated heterocycles. The second-order valence-corrected chi connectivity index (χ2v) is 5.15. The molecule has 0 radical (unpaired) electrons. The van der Waals surface area contributed by atoms with Crippen LogP contribution in [0.4, 0.5) is 5.69 Å². The maximum atomic E-state index is 10.6. The van der Waals surface area contributed by atoms with Crippen molar-refractivity contribution in [1.82, 2.24) is 5.32 Å². The first-order chi connectivity index (χ1) is 9.58. The molecule has 0 spiro atoms. The van der Waals surface area contributed by atoms with Gasteiger partial charge in [0.2, 0.25) is 0 Å². The van der Waals surface area contributed by atoms with Gasteiger partial charge < -0.3 is 10.4 Å². The van der Waals surface area contributed by atoms with Gasteiger partial charge in [-0.2, -0.15) is 0 Å². The van der Waals surface area contributed by atoms with Gasteiger partial charge in [0.15, 0.2) is 0 Å². The molecule has 112 valence electrons. The van der Waals surface area contributed by atoms with Gasteiger partial charge in [-0.15, -0.1) is 0 Å². The van der Waals surface area contributed by atoms with Crippen LogP contribution < -0.4 is 5.32 Å². The van der Waals surface area contributed by atoms with Crippen molar-refractivity contribution in [3.8, 4) is 0 Å². The molecule has 2 unspecified atom stereocenters. The predicted octanol–water partition coefficient (Wildman–Crippen LogP) is 3.04. The summed E-state index contributed by atoms with van der Waals surface area (Å²) in [4.78, 5) is 10.2. The number of nitrogens with one attached hydrogen (secondary N) is 1. The van der Waals surface area contributed by atoms with E-state index in [2.05, 4.69) is 12.2 Å². The molecule has 5 heteroatoms. The van der Waals surface area contributed by atoms with Crippen molar-refractivity contribution < 1.29 is 10.0 Å². The summed E-state index contributed by atoms with van der Waals surface area (Å²) in [5.74, 6) is 0.477. The zero-order valence-electron chi connectivity index (χ0n) is 12.2. The molecule has 1 rings (SSSR count). The largest absolute Gasteiger partial charge is 0.396 e. The average molecular weight is 280 g/mol. The molecule has 1 aromatic rings. The summed E-state index contributed by atoms with van der Waals surface area (Å²) in [5.41, 5.74) is 1.15. The minimum Gasteiger partial charge on any atom is -0.396 e. The molecule has 0 aliphatic carbocycles. The summed E-state index contributed by atoms with van der Waals surface area (Å²) in [6.45, 7) is 5.26. The number of hydrogen-bond donors (Lipinski definition) is 2. The van der Waals surface area contributed by atoms with Crippen LogP contribution in [0.3, 0.4) is 0 Å². The summed E-state index contributed by atoms with van der Waals surface area (Å²) in [6, 6.07) is 6.79. The van der Waals surface area contributed by atoms with E-state index in [0.717, 1.165) is 31.4 Å². The number of nitrogens with zero attached hydrogens (tertiary/aromatic N) is 1. The highest BCUT2D eigenvalue weighted by atomic mass is 16.6. The zero-order chi connectivity index (χ0) is 15.0. The highest BCUT2D eigenvalue weighted by molar-refractivity contribution is 5.33. The number of rotatable bonds is 9. The molecule has 0 aliphatic heterocycles. The first kappa shape index (κ1) is 16.6. The lowest BCUT2D eigenvalue weighted by Crippen LogP contribution is -2.26. The second kappa shape index (κ2) is 8.66. The molecule has 0 fully saturated rings. The van der Waals surface area contributed by atoms with E-state index in [9.17, 15) is 10.1 Å². The van der Waals surface area contributed by atoms with Gasteiger partial charge in [-0.1, -0.05) is 25.5 Å². The Labute approximate surface area is 120 Å². The van der Waals surface area contributed by atoms with Crippen molar-refractivity contribution in [2.45, 2.75) is 39.2 Å². The fraction of sp³-hybridized carbons (Fsp3) is 0.600. The van der Waals surface area contributed by atoms with E-state index in [1.807, 2.05) is 6.92 Å². The standard InChI is InChI=1S/C15H24N2O3/c1-3-4-13(9-10-18)11-16-12(2)14-5-7-15(8-6-14)17(19)20/h5-8,12-13,16,18H,3-4,9-11H2,1-2H3.